The molecule has 1 aromatic rings. The summed E-state index contributed by atoms with van der Waals surface area (Å²) in [6.07, 6.45) is 2.61. The van der Waals surface area contributed by atoms with Gasteiger partial charge in [0.15, 0.2) is 0 Å². The summed E-state index contributed by atoms with van der Waals surface area (Å²) in [6.45, 7) is 3.93. The van der Waals surface area contributed by atoms with Crippen LogP contribution in [-0.2, 0) is 36.8 Å². The van der Waals surface area contributed by atoms with Crippen molar-refractivity contribution in [2.45, 2.75) is 63.1 Å². The Bertz CT molecular complexity index is 873. The quantitative estimate of drug-likeness (QED) is 0.367. The molecule has 0 aromatic heterocycles. The van der Waals surface area contributed by atoms with E-state index in [0.29, 0.717) is 38.5 Å². The molecule has 0 spiro atoms. The smallest absolute Gasteiger partial charge is 0.332 e. The van der Waals surface area contributed by atoms with E-state index in [1.165, 1.54) is 7.11 Å². The average molecular weight is 476 g/mol. The molecule has 0 radical (unpaired) electrons. The summed E-state index contributed by atoms with van der Waals surface area (Å²) in [4.78, 5) is 50.8. The molecule has 0 saturated carbocycles. The van der Waals surface area contributed by atoms with Gasteiger partial charge in [-0.05, 0) is 47.8 Å². The number of carbonyl (C=O) groups excluding carboxylic acids is 4. The lowest BCUT2D eigenvalue weighted by Gasteiger charge is -2.37. The molecule has 0 bridgehead atoms. The predicted octanol–water partition coefficient (Wildman–Crippen LogP) is 1.36. The fraction of sp³-hybridized carbons (Fsp3) is 0.583. The van der Waals surface area contributed by atoms with E-state index < -0.39 is 29.0 Å². The second-order valence-corrected chi connectivity index (χ2v) is 10.5. The van der Waals surface area contributed by atoms with Crippen molar-refractivity contribution in [2.24, 2.45) is 5.92 Å². The largest absolute Gasteiger partial charge is 0.467 e. The van der Waals surface area contributed by atoms with Crippen LogP contribution in [0.5, 0.6) is 0 Å². The molecule has 9 heteroatoms. The summed E-state index contributed by atoms with van der Waals surface area (Å²) in [5.41, 5.74) is -0.259. The van der Waals surface area contributed by atoms with E-state index in [2.05, 4.69) is 16.0 Å². The second kappa shape index (κ2) is 10.6. The predicted molar refractivity (Wildman–Crippen MR) is 127 cm³/mol. The molecule has 180 valence electrons. The molecule has 1 fully saturated rings. The van der Waals surface area contributed by atoms with Gasteiger partial charge in [0.05, 0.1) is 7.11 Å². The van der Waals surface area contributed by atoms with Gasteiger partial charge in [-0.1, -0.05) is 38.1 Å². The number of ether oxygens (including phenoxy) is 1. The average Bonchev–Trinajstić information content (AvgIpc) is 3.17. The lowest BCUT2D eigenvalue weighted by molar-refractivity contribution is -0.151. The Kier molecular flexibility index (Phi) is 8.05. The third-order valence-corrected chi connectivity index (χ3v) is 7.47. The first-order chi connectivity index (χ1) is 15.7. The van der Waals surface area contributed by atoms with Crippen LogP contribution in [0.25, 0.3) is 0 Å². The van der Waals surface area contributed by atoms with Crippen LogP contribution in [0, 0.1) is 5.92 Å². The number of benzene rings is 1. The zero-order valence-corrected chi connectivity index (χ0v) is 20.3. The molecule has 0 unspecified atom stereocenters. The second-order valence-electron chi connectivity index (χ2n) is 9.30. The SMILES string of the molecule is COC(=O)C1(NC(=O)[C@H](CC(C)C)NC(=O)C2(NC=O)CCSCC2)Cc2ccccc2C1. The van der Waals surface area contributed by atoms with Gasteiger partial charge in [-0.15, -0.1) is 0 Å². The standard InChI is InChI=1S/C24H33N3O5S/c1-16(2)12-19(26-21(30)23(25-15-28)8-10-33-11-9-23)20(29)27-24(22(31)32-3)13-17-6-4-5-7-18(17)14-24/h4-7,15-16,19H,8-14H2,1-3H3,(H,25,28)(H,26,30)(H,27,29)/t19-/m0/s1. The van der Waals surface area contributed by atoms with Crippen molar-refractivity contribution < 1.29 is 23.9 Å². The number of methoxy groups -OCH3 is 1. The van der Waals surface area contributed by atoms with Gasteiger partial charge in [-0.2, -0.15) is 11.8 Å². The molecule has 1 atom stereocenters. The number of carbonyl (C=O) groups is 4. The highest BCUT2D eigenvalue weighted by Crippen LogP contribution is 2.32. The molecule has 1 saturated heterocycles. The maximum Gasteiger partial charge on any atom is 0.332 e. The number of thioether (sulfide) groups is 1. The molecule has 1 aliphatic heterocycles. The van der Waals surface area contributed by atoms with Gasteiger partial charge in [-0.3, -0.25) is 14.4 Å². The Balaban J connectivity index is 1.81. The molecular weight excluding hydrogens is 442 g/mol. The summed E-state index contributed by atoms with van der Waals surface area (Å²) in [6, 6.07) is 6.84. The van der Waals surface area contributed by atoms with Crippen LogP contribution < -0.4 is 16.0 Å². The Hall–Kier alpha value is -2.55. The Morgan fingerprint density at radius 3 is 2.21 bits per heavy atom. The van der Waals surface area contributed by atoms with Crippen molar-refractivity contribution in [1.82, 2.24) is 16.0 Å². The van der Waals surface area contributed by atoms with Crippen LogP contribution in [0.3, 0.4) is 0 Å². The summed E-state index contributed by atoms with van der Waals surface area (Å²) in [5.74, 6) is 0.315. The first kappa shape index (κ1) is 25.1. The highest BCUT2D eigenvalue weighted by atomic mass is 32.2. The third kappa shape index (κ3) is 5.51. The zero-order valence-electron chi connectivity index (χ0n) is 19.4. The van der Waals surface area contributed by atoms with Gasteiger partial charge in [0, 0.05) is 12.8 Å². The minimum Gasteiger partial charge on any atom is -0.467 e. The van der Waals surface area contributed by atoms with E-state index in [0.717, 1.165) is 22.6 Å². The van der Waals surface area contributed by atoms with Crippen LogP contribution in [0.2, 0.25) is 0 Å². The van der Waals surface area contributed by atoms with Crippen LogP contribution in [-0.4, -0.2) is 59.9 Å². The summed E-state index contributed by atoms with van der Waals surface area (Å²) in [7, 11) is 1.31. The maximum absolute atomic E-state index is 13.5. The monoisotopic (exact) mass is 475 g/mol. The Morgan fingerprint density at radius 1 is 1.09 bits per heavy atom. The number of esters is 1. The summed E-state index contributed by atoms with van der Waals surface area (Å²) >= 11 is 1.73. The van der Waals surface area contributed by atoms with Crippen molar-refractivity contribution in [3.05, 3.63) is 35.4 Å². The fourth-order valence-corrected chi connectivity index (χ4v) is 5.88. The molecule has 3 amide bonds. The van der Waals surface area contributed by atoms with Crippen molar-refractivity contribution in [3.8, 4) is 0 Å². The lowest BCUT2D eigenvalue weighted by atomic mass is 9.90. The van der Waals surface area contributed by atoms with Crippen molar-refractivity contribution in [1.29, 1.82) is 0 Å². The number of hydrogen-bond acceptors (Lipinski definition) is 6. The van der Waals surface area contributed by atoms with Crippen LogP contribution in [0.4, 0.5) is 0 Å². The molecule has 1 aliphatic carbocycles. The van der Waals surface area contributed by atoms with Gasteiger partial charge in [0.2, 0.25) is 18.2 Å². The molecule has 3 rings (SSSR count). The normalized spacial score (nSPS) is 19.2. The minimum atomic E-state index is -1.21. The highest BCUT2D eigenvalue weighted by molar-refractivity contribution is 7.99. The molecule has 1 aromatic carbocycles. The topological polar surface area (TPSA) is 114 Å². The van der Waals surface area contributed by atoms with E-state index in [-0.39, 0.29) is 11.8 Å². The Morgan fingerprint density at radius 2 is 1.70 bits per heavy atom. The van der Waals surface area contributed by atoms with Crippen LogP contribution in [0.1, 0.15) is 44.2 Å². The molecule has 3 N–H and O–H groups in total. The first-order valence-electron chi connectivity index (χ1n) is 11.3. The number of amides is 3. The van der Waals surface area contributed by atoms with Gasteiger partial charge in [0.1, 0.15) is 17.1 Å². The van der Waals surface area contributed by atoms with Crippen molar-refractivity contribution in [2.75, 3.05) is 18.6 Å². The van der Waals surface area contributed by atoms with E-state index in [9.17, 15) is 19.2 Å². The van der Waals surface area contributed by atoms with Gasteiger partial charge in [-0.25, -0.2) is 4.79 Å². The maximum atomic E-state index is 13.5. The Labute approximate surface area is 199 Å². The highest BCUT2D eigenvalue weighted by Gasteiger charge is 2.48. The molecule has 2 aliphatic rings. The summed E-state index contributed by atoms with van der Waals surface area (Å²) < 4.78 is 5.06. The molecule has 33 heavy (non-hydrogen) atoms. The minimum absolute atomic E-state index is 0.118. The van der Waals surface area contributed by atoms with Crippen LogP contribution in [0.15, 0.2) is 24.3 Å². The number of rotatable bonds is 9. The van der Waals surface area contributed by atoms with Gasteiger partial charge < -0.3 is 20.7 Å². The zero-order chi connectivity index (χ0) is 24.1. The van der Waals surface area contributed by atoms with E-state index in [1.807, 2.05) is 38.1 Å². The number of hydrogen-bond donors (Lipinski definition) is 3. The molecule has 8 nitrogen and oxygen atoms in total. The van der Waals surface area contributed by atoms with Crippen LogP contribution >= 0.6 is 11.8 Å². The van der Waals surface area contributed by atoms with Gasteiger partial charge in [0.25, 0.3) is 0 Å². The van der Waals surface area contributed by atoms with Gasteiger partial charge >= 0.3 is 5.97 Å². The fourth-order valence-electron chi connectivity index (χ4n) is 4.69. The molecule has 1 heterocycles. The first-order valence-corrected chi connectivity index (χ1v) is 12.5. The molecular formula is C24H33N3O5S. The number of nitrogens with one attached hydrogen (secondary N) is 3. The van der Waals surface area contributed by atoms with E-state index in [1.54, 1.807) is 11.8 Å². The third-order valence-electron chi connectivity index (χ3n) is 6.49. The van der Waals surface area contributed by atoms with E-state index in [4.69, 9.17) is 4.74 Å². The summed E-state index contributed by atoms with van der Waals surface area (Å²) in [5, 5.41) is 8.51. The number of fused-ring (bicyclic) bond motifs is 1. The van der Waals surface area contributed by atoms with Crippen molar-refractivity contribution >= 4 is 36.0 Å². The van der Waals surface area contributed by atoms with E-state index >= 15 is 0 Å². The van der Waals surface area contributed by atoms with Crippen molar-refractivity contribution in [3.63, 3.8) is 0 Å². The lowest BCUT2D eigenvalue weighted by Crippen LogP contribution is -2.64.